The van der Waals surface area contributed by atoms with Gasteiger partial charge in [0.2, 0.25) is 0 Å². The summed E-state index contributed by atoms with van der Waals surface area (Å²) in [6, 6.07) is 6.34. The molecule has 0 unspecified atom stereocenters. The predicted molar refractivity (Wildman–Crippen MR) is 118 cm³/mol. The number of piperazine rings is 1. The lowest BCUT2D eigenvalue weighted by atomic mass is 9.77. The third-order valence-corrected chi connectivity index (χ3v) is 7.61. The lowest BCUT2D eigenvalue weighted by molar-refractivity contribution is -0.0249. The Morgan fingerprint density at radius 1 is 1.10 bits per heavy atom. The Morgan fingerprint density at radius 3 is 2.63 bits per heavy atom. The van der Waals surface area contributed by atoms with Crippen molar-refractivity contribution in [3.8, 4) is 11.5 Å². The van der Waals surface area contributed by atoms with Gasteiger partial charge in [0.05, 0.1) is 13.2 Å². The van der Waals surface area contributed by atoms with Crippen LogP contribution in [0.3, 0.4) is 0 Å². The maximum Gasteiger partial charge on any atom is 0.127 e. The van der Waals surface area contributed by atoms with Crippen LogP contribution in [0.4, 0.5) is 0 Å². The minimum absolute atomic E-state index is 0.175. The number of rotatable bonds is 4. The molecule has 164 valence electrons. The highest BCUT2D eigenvalue weighted by atomic mass is 16.5. The summed E-state index contributed by atoms with van der Waals surface area (Å²) in [6.45, 7) is 8.27. The summed E-state index contributed by atoms with van der Waals surface area (Å²) < 4.78 is 11.3. The molecule has 30 heavy (non-hydrogen) atoms. The second kappa shape index (κ2) is 8.50. The fourth-order valence-corrected chi connectivity index (χ4v) is 5.89. The Morgan fingerprint density at radius 2 is 1.87 bits per heavy atom. The molecule has 0 aromatic heterocycles. The van der Waals surface area contributed by atoms with E-state index in [1.54, 1.807) is 7.11 Å². The van der Waals surface area contributed by atoms with Crippen LogP contribution in [0.5, 0.6) is 11.5 Å². The van der Waals surface area contributed by atoms with E-state index >= 15 is 0 Å². The molecule has 1 aliphatic carbocycles. The average molecular weight is 414 g/mol. The molecular weight excluding hydrogens is 378 g/mol. The number of benzene rings is 1. The number of methoxy groups -OCH3 is 1. The van der Waals surface area contributed by atoms with Gasteiger partial charge in [-0.15, -0.1) is 0 Å². The summed E-state index contributed by atoms with van der Waals surface area (Å²) in [6.07, 6.45) is 4.19. The number of hydrogen-bond donors (Lipinski definition) is 1. The Bertz CT molecular complexity index is 790. The minimum atomic E-state index is -0.175. The Labute approximate surface area is 180 Å². The van der Waals surface area contributed by atoms with Crippen molar-refractivity contribution in [1.29, 1.82) is 0 Å². The van der Waals surface area contributed by atoms with Gasteiger partial charge in [-0.2, -0.15) is 0 Å². The van der Waals surface area contributed by atoms with Crippen LogP contribution in [0.25, 0.3) is 6.08 Å². The molecule has 0 bridgehead atoms. The molecule has 5 rings (SSSR count). The molecule has 1 aromatic carbocycles. The predicted octanol–water partition coefficient (Wildman–Crippen LogP) is 1.79. The maximum absolute atomic E-state index is 10.9. The SMILES string of the molecule is COc1ccc2c(c1)C=C(CN1C[C@H]3C[C@@H](N4CCN(C)CC4)[C@H](O)C[C@H]3C1)CO2. The van der Waals surface area contributed by atoms with Gasteiger partial charge in [-0.05, 0) is 61.6 Å². The van der Waals surface area contributed by atoms with E-state index in [1.165, 1.54) is 5.57 Å². The van der Waals surface area contributed by atoms with Gasteiger partial charge in [0.1, 0.15) is 18.1 Å². The van der Waals surface area contributed by atoms with Gasteiger partial charge < -0.3 is 19.5 Å². The molecular formula is C24H35N3O3. The molecule has 1 N–H and O–H groups in total. The van der Waals surface area contributed by atoms with Crippen molar-refractivity contribution >= 4 is 6.08 Å². The molecule has 0 spiro atoms. The summed E-state index contributed by atoms with van der Waals surface area (Å²) in [5.41, 5.74) is 2.43. The monoisotopic (exact) mass is 413 g/mol. The average Bonchev–Trinajstić information content (AvgIpc) is 3.14. The lowest BCUT2D eigenvalue weighted by Crippen LogP contribution is -2.55. The molecule has 6 heteroatoms. The van der Waals surface area contributed by atoms with Crippen molar-refractivity contribution in [2.45, 2.75) is 25.0 Å². The smallest absolute Gasteiger partial charge is 0.127 e. The first-order chi connectivity index (χ1) is 14.6. The van der Waals surface area contributed by atoms with Gasteiger partial charge in [0.15, 0.2) is 0 Å². The standard InChI is InChI=1S/C24H35N3O3/c1-25-5-7-27(8-6-25)22-11-19-14-26(15-20(19)12-23(22)28)13-17-9-18-10-21(29-2)3-4-24(18)30-16-17/h3-4,9-10,19-20,22-23,28H,5-8,11-16H2,1-2H3/t19-,20+,22-,23-/m1/s1. The van der Waals surface area contributed by atoms with Crippen molar-refractivity contribution in [3.05, 3.63) is 29.3 Å². The fraction of sp³-hybridized carbons (Fsp3) is 0.667. The zero-order valence-corrected chi connectivity index (χ0v) is 18.3. The molecule has 0 amide bonds. The normalized spacial score (nSPS) is 32.8. The number of nitrogens with zero attached hydrogens (tertiary/aromatic N) is 3. The number of aliphatic hydroxyl groups excluding tert-OH is 1. The third kappa shape index (κ3) is 4.11. The molecule has 1 aromatic rings. The van der Waals surface area contributed by atoms with Crippen molar-refractivity contribution in [2.75, 3.05) is 66.6 Å². The fourth-order valence-electron chi connectivity index (χ4n) is 5.89. The first-order valence-electron chi connectivity index (χ1n) is 11.4. The van der Waals surface area contributed by atoms with Gasteiger partial charge in [0, 0.05) is 57.4 Å². The Hall–Kier alpha value is -1.60. The Balaban J connectivity index is 1.21. The van der Waals surface area contributed by atoms with Crippen LogP contribution in [-0.4, -0.2) is 98.5 Å². The van der Waals surface area contributed by atoms with E-state index in [1.807, 2.05) is 12.1 Å². The summed E-state index contributed by atoms with van der Waals surface area (Å²) >= 11 is 0. The molecule has 2 saturated heterocycles. The van der Waals surface area contributed by atoms with Gasteiger partial charge in [-0.3, -0.25) is 9.80 Å². The second-order valence-electron chi connectivity index (χ2n) is 9.65. The van der Waals surface area contributed by atoms with Crippen LogP contribution in [0.15, 0.2) is 23.8 Å². The minimum Gasteiger partial charge on any atom is -0.497 e. The number of aliphatic hydroxyl groups is 1. The van der Waals surface area contributed by atoms with Gasteiger partial charge in [0.25, 0.3) is 0 Å². The van der Waals surface area contributed by atoms with Crippen LogP contribution >= 0.6 is 0 Å². The van der Waals surface area contributed by atoms with E-state index in [0.29, 0.717) is 24.5 Å². The highest BCUT2D eigenvalue weighted by Crippen LogP contribution is 2.39. The molecule has 0 radical (unpaired) electrons. The highest BCUT2D eigenvalue weighted by molar-refractivity contribution is 5.64. The number of likely N-dealkylation sites (tertiary alicyclic amines) is 1. The summed E-state index contributed by atoms with van der Waals surface area (Å²) in [5, 5.41) is 10.9. The molecule has 3 aliphatic heterocycles. The van der Waals surface area contributed by atoms with Crippen molar-refractivity contribution in [2.24, 2.45) is 11.8 Å². The zero-order valence-electron chi connectivity index (χ0n) is 18.3. The largest absolute Gasteiger partial charge is 0.497 e. The van der Waals surface area contributed by atoms with Crippen LogP contribution in [0.1, 0.15) is 18.4 Å². The van der Waals surface area contributed by atoms with Crippen LogP contribution in [0.2, 0.25) is 0 Å². The van der Waals surface area contributed by atoms with E-state index < -0.39 is 0 Å². The second-order valence-corrected chi connectivity index (χ2v) is 9.65. The number of fused-ring (bicyclic) bond motifs is 2. The van der Waals surface area contributed by atoms with Gasteiger partial charge >= 0.3 is 0 Å². The van der Waals surface area contributed by atoms with E-state index in [-0.39, 0.29) is 6.10 Å². The van der Waals surface area contributed by atoms with E-state index in [4.69, 9.17) is 9.47 Å². The number of hydrogen-bond acceptors (Lipinski definition) is 6. The van der Waals surface area contributed by atoms with Crippen LogP contribution < -0.4 is 9.47 Å². The molecule has 4 atom stereocenters. The molecule has 3 heterocycles. The Kier molecular flexibility index (Phi) is 5.75. The van der Waals surface area contributed by atoms with E-state index in [9.17, 15) is 5.11 Å². The van der Waals surface area contributed by atoms with Crippen LogP contribution in [-0.2, 0) is 0 Å². The lowest BCUT2D eigenvalue weighted by Gasteiger charge is -2.44. The molecule has 4 aliphatic rings. The quantitative estimate of drug-likeness (QED) is 0.812. The number of ether oxygens (including phenoxy) is 2. The third-order valence-electron chi connectivity index (χ3n) is 7.61. The summed E-state index contributed by atoms with van der Waals surface area (Å²) in [5.74, 6) is 3.13. The van der Waals surface area contributed by atoms with Crippen molar-refractivity contribution < 1.29 is 14.6 Å². The number of likely N-dealkylation sites (N-methyl/N-ethyl adjacent to an activating group) is 1. The first-order valence-corrected chi connectivity index (χ1v) is 11.4. The molecule has 1 saturated carbocycles. The summed E-state index contributed by atoms with van der Waals surface area (Å²) in [4.78, 5) is 7.51. The first kappa shape index (κ1) is 20.3. The van der Waals surface area contributed by atoms with Crippen molar-refractivity contribution in [1.82, 2.24) is 14.7 Å². The summed E-state index contributed by atoms with van der Waals surface area (Å²) in [7, 11) is 3.89. The zero-order chi connectivity index (χ0) is 20.7. The molecule has 3 fully saturated rings. The van der Waals surface area contributed by atoms with Crippen LogP contribution in [0, 0.1) is 11.8 Å². The highest BCUT2D eigenvalue weighted by Gasteiger charge is 2.43. The maximum atomic E-state index is 10.9. The molecule has 6 nitrogen and oxygen atoms in total. The topological polar surface area (TPSA) is 48.4 Å². The van der Waals surface area contributed by atoms with E-state index in [0.717, 1.165) is 75.7 Å². The van der Waals surface area contributed by atoms with Crippen molar-refractivity contribution in [3.63, 3.8) is 0 Å². The van der Waals surface area contributed by atoms with Gasteiger partial charge in [-0.1, -0.05) is 0 Å². The van der Waals surface area contributed by atoms with Gasteiger partial charge in [-0.25, -0.2) is 0 Å². The van der Waals surface area contributed by atoms with E-state index in [2.05, 4.69) is 33.9 Å².